The molecule has 17 heavy (non-hydrogen) atoms. The van der Waals surface area contributed by atoms with Gasteiger partial charge in [0.05, 0.1) is 13.7 Å². The maximum atomic E-state index is 9.71. The first-order chi connectivity index (χ1) is 8.26. The molecule has 4 heteroatoms. The standard InChI is InChI=1S/C13H19NO3/c1-3-17-14-10-5-6-11-9(8-10)4-7-12(15)13(11)16-2/h4,7,10,14-15H,3,5-6,8H2,1-2H3. The first-order valence-electron chi connectivity index (χ1n) is 6.01. The smallest absolute Gasteiger partial charge is 0.163 e. The summed E-state index contributed by atoms with van der Waals surface area (Å²) in [5, 5.41) is 9.71. The first kappa shape index (κ1) is 12.2. The third kappa shape index (κ3) is 2.53. The van der Waals surface area contributed by atoms with E-state index in [4.69, 9.17) is 9.57 Å². The first-order valence-corrected chi connectivity index (χ1v) is 6.01. The minimum atomic E-state index is 0.225. The van der Waals surface area contributed by atoms with Gasteiger partial charge >= 0.3 is 0 Å². The Hall–Kier alpha value is -1.26. The van der Waals surface area contributed by atoms with Crippen molar-refractivity contribution in [1.82, 2.24) is 5.48 Å². The lowest BCUT2D eigenvalue weighted by molar-refractivity contribution is 0.0211. The van der Waals surface area contributed by atoms with E-state index in [0.29, 0.717) is 18.4 Å². The summed E-state index contributed by atoms with van der Waals surface area (Å²) in [6.07, 6.45) is 2.80. The molecule has 0 heterocycles. The van der Waals surface area contributed by atoms with Crippen molar-refractivity contribution >= 4 is 0 Å². The fraction of sp³-hybridized carbons (Fsp3) is 0.538. The largest absolute Gasteiger partial charge is 0.504 e. The van der Waals surface area contributed by atoms with Crippen molar-refractivity contribution in [3.05, 3.63) is 23.3 Å². The van der Waals surface area contributed by atoms with Crippen LogP contribution >= 0.6 is 0 Å². The molecule has 1 unspecified atom stereocenters. The molecule has 2 N–H and O–H groups in total. The number of phenolic OH excluding ortho intramolecular Hbond substituents is 1. The van der Waals surface area contributed by atoms with E-state index >= 15 is 0 Å². The minimum Gasteiger partial charge on any atom is -0.504 e. The summed E-state index contributed by atoms with van der Waals surface area (Å²) in [5.41, 5.74) is 5.41. The number of benzene rings is 1. The third-order valence-corrected chi connectivity index (χ3v) is 3.14. The summed E-state index contributed by atoms with van der Waals surface area (Å²) in [4.78, 5) is 5.24. The zero-order valence-corrected chi connectivity index (χ0v) is 10.3. The number of methoxy groups -OCH3 is 1. The number of aromatic hydroxyl groups is 1. The van der Waals surface area contributed by atoms with Crippen molar-refractivity contribution in [2.45, 2.75) is 32.2 Å². The molecule has 0 saturated carbocycles. The number of fused-ring (bicyclic) bond motifs is 1. The second kappa shape index (κ2) is 5.38. The van der Waals surface area contributed by atoms with E-state index in [0.717, 1.165) is 24.8 Å². The maximum absolute atomic E-state index is 9.71. The Morgan fingerprint density at radius 3 is 3.00 bits per heavy atom. The van der Waals surface area contributed by atoms with Crippen LogP contribution in [0, 0.1) is 0 Å². The fourth-order valence-electron chi connectivity index (χ4n) is 2.34. The molecule has 1 aromatic carbocycles. The topological polar surface area (TPSA) is 50.7 Å². The number of nitrogens with one attached hydrogen (secondary N) is 1. The van der Waals surface area contributed by atoms with Gasteiger partial charge in [0.2, 0.25) is 0 Å². The second-order valence-corrected chi connectivity index (χ2v) is 4.25. The van der Waals surface area contributed by atoms with Crippen LogP contribution in [-0.2, 0) is 17.7 Å². The number of hydrogen-bond donors (Lipinski definition) is 2. The van der Waals surface area contributed by atoms with Crippen molar-refractivity contribution in [3.8, 4) is 11.5 Å². The Kier molecular flexibility index (Phi) is 3.86. The summed E-state index contributed by atoms with van der Waals surface area (Å²) in [6, 6.07) is 4.00. The molecular weight excluding hydrogens is 218 g/mol. The van der Waals surface area contributed by atoms with Gasteiger partial charge in [-0.3, -0.25) is 0 Å². The Labute approximate surface area is 102 Å². The molecule has 1 aromatic rings. The van der Waals surface area contributed by atoms with E-state index < -0.39 is 0 Å². The zero-order valence-electron chi connectivity index (χ0n) is 10.3. The highest BCUT2D eigenvalue weighted by molar-refractivity contribution is 5.51. The molecule has 0 aliphatic heterocycles. The van der Waals surface area contributed by atoms with Crippen molar-refractivity contribution in [2.24, 2.45) is 0 Å². The average Bonchev–Trinajstić information content (AvgIpc) is 2.36. The number of phenols is 1. The van der Waals surface area contributed by atoms with Crippen LogP contribution in [0.25, 0.3) is 0 Å². The lowest BCUT2D eigenvalue weighted by Gasteiger charge is -2.26. The summed E-state index contributed by atoms with van der Waals surface area (Å²) < 4.78 is 5.26. The van der Waals surface area contributed by atoms with Gasteiger partial charge in [0.1, 0.15) is 0 Å². The monoisotopic (exact) mass is 237 g/mol. The molecule has 0 radical (unpaired) electrons. The molecule has 1 atom stereocenters. The fourth-order valence-corrected chi connectivity index (χ4v) is 2.34. The van der Waals surface area contributed by atoms with Gasteiger partial charge in [-0.1, -0.05) is 6.07 Å². The molecule has 1 aliphatic carbocycles. The van der Waals surface area contributed by atoms with Crippen molar-refractivity contribution in [3.63, 3.8) is 0 Å². The van der Waals surface area contributed by atoms with Crippen LogP contribution in [0.5, 0.6) is 11.5 Å². The Morgan fingerprint density at radius 1 is 1.47 bits per heavy atom. The highest BCUT2D eigenvalue weighted by atomic mass is 16.6. The minimum absolute atomic E-state index is 0.225. The molecule has 4 nitrogen and oxygen atoms in total. The SMILES string of the molecule is CCONC1CCc2c(ccc(O)c2OC)C1. The Morgan fingerprint density at radius 2 is 2.29 bits per heavy atom. The van der Waals surface area contributed by atoms with E-state index in [-0.39, 0.29) is 5.75 Å². The molecule has 0 amide bonds. The second-order valence-electron chi connectivity index (χ2n) is 4.25. The predicted octanol–water partition coefficient (Wildman–Crippen LogP) is 1.80. The average molecular weight is 237 g/mol. The molecule has 0 fully saturated rings. The van der Waals surface area contributed by atoms with Crippen LogP contribution in [-0.4, -0.2) is 24.9 Å². The summed E-state index contributed by atoms with van der Waals surface area (Å²) in [5.74, 6) is 0.847. The van der Waals surface area contributed by atoms with E-state index in [9.17, 15) is 5.11 Å². The predicted molar refractivity (Wildman–Crippen MR) is 65.2 cm³/mol. The molecular formula is C13H19NO3. The van der Waals surface area contributed by atoms with Crippen LogP contribution in [0.15, 0.2) is 12.1 Å². The van der Waals surface area contributed by atoms with Crippen LogP contribution in [0.2, 0.25) is 0 Å². The number of ether oxygens (including phenoxy) is 1. The summed E-state index contributed by atoms with van der Waals surface area (Å²) >= 11 is 0. The molecule has 1 aliphatic rings. The quantitative estimate of drug-likeness (QED) is 0.784. The van der Waals surface area contributed by atoms with Crippen LogP contribution < -0.4 is 10.2 Å². The zero-order chi connectivity index (χ0) is 12.3. The van der Waals surface area contributed by atoms with Gasteiger partial charge in [0.15, 0.2) is 11.5 Å². The van der Waals surface area contributed by atoms with Crippen molar-refractivity contribution in [2.75, 3.05) is 13.7 Å². The highest BCUT2D eigenvalue weighted by Crippen LogP contribution is 2.36. The molecule has 0 saturated heterocycles. The van der Waals surface area contributed by atoms with Crippen molar-refractivity contribution in [1.29, 1.82) is 0 Å². The van der Waals surface area contributed by atoms with Gasteiger partial charge < -0.3 is 14.7 Å². The Bertz CT molecular complexity index is 392. The normalized spacial score (nSPS) is 18.8. The van der Waals surface area contributed by atoms with Crippen LogP contribution in [0.1, 0.15) is 24.5 Å². The number of hydrogen-bond acceptors (Lipinski definition) is 4. The number of hydroxylamine groups is 1. The van der Waals surface area contributed by atoms with Gasteiger partial charge in [-0.05, 0) is 37.8 Å². The summed E-state index contributed by atoms with van der Waals surface area (Å²) in [7, 11) is 1.60. The third-order valence-electron chi connectivity index (χ3n) is 3.14. The van der Waals surface area contributed by atoms with Gasteiger partial charge in [0, 0.05) is 11.6 Å². The van der Waals surface area contributed by atoms with E-state index in [1.807, 2.05) is 13.0 Å². The lowest BCUT2D eigenvalue weighted by Crippen LogP contribution is -2.34. The van der Waals surface area contributed by atoms with E-state index in [2.05, 4.69) is 5.48 Å². The molecule has 94 valence electrons. The number of rotatable bonds is 4. The van der Waals surface area contributed by atoms with Crippen LogP contribution in [0.4, 0.5) is 0 Å². The van der Waals surface area contributed by atoms with Gasteiger partial charge in [-0.2, -0.15) is 5.48 Å². The maximum Gasteiger partial charge on any atom is 0.163 e. The highest BCUT2D eigenvalue weighted by Gasteiger charge is 2.22. The van der Waals surface area contributed by atoms with E-state index in [1.165, 1.54) is 5.56 Å². The Balaban J connectivity index is 2.16. The van der Waals surface area contributed by atoms with E-state index in [1.54, 1.807) is 13.2 Å². The molecule has 2 rings (SSSR count). The molecule has 0 bridgehead atoms. The molecule has 0 spiro atoms. The van der Waals surface area contributed by atoms with Gasteiger partial charge in [0.25, 0.3) is 0 Å². The summed E-state index contributed by atoms with van der Waals surface area (Å²) in [6.45, 7) is 2.63. The van der Waals surface area contributed by atoms with Crippen LogP contribution in [0.3, 0.4) is 0 Å². The van der Waals surface area contributed by atoms with Gasteiger partial charge in [-0.25, -0.2) is 0 Å². The van der Waals surface area contributed by atoms with Gasteiger partial charge in [-0.15, -0.1) is 0 Å². The van der Waals surface area contributed by atoms with Crippen molar-refractivity contribution < 1.29 is 14.7 Å². The lowest BCUT2D eigenvalue weighted by atomic mass is 9.88. The molecule has 0 aromatic heterocycles.